The SMILES string of the molecule is [S-]CCCc1ccc(-c2ccccc2)cc1. The van der Waals surface area contributed by atoms with Crippen molar-refractivity contribution in [2.24, 2.45) is 0 Å². The van der Waals surface area contributed by atoms with Crippen LogP contribution >= 0.6 is 0 Å². The Balaban J connectivity index is 2.13. The zero-order valence-electron chi connectivity index (χ0n) is 9.23. The number of aryl methyl sites for hydroxylation is 1. The van der Waals surface area contributed by atoms with Gasteiger partial charge in [-0.1, -0.05) is 61.0 Å². The summed E-state index contributed by atoms with van der Waals surface area (Å²) in [5.41, 5.74) is 3.93. The van der Waals surface area contributed by atoms with Gasteiger partial charge in [-0.3, -0.25) is 0 Å². The van der Waals surface area contributed by atoms with Crippen LogP contribution in [0.4, 0.5) is 0 Å². The third-order valence-corrected chi connectivity index (χ3v) is 2.96. The molecule has 0 heterocycles. The number of hydrogen-bond donors (Lipinski definition) is 0. The topological polar surface area (TPSA) is 0 Å². The van der Waals surface area contributed by atoms with Crippen molar-refractivity contribution in [2.75, 3.05) is 5.75 Å². The van der Waals surface area contributed by atoms with Crippen LogP contribution < -0.4 is 0 Å². The van der Waals surface area contributed by atoms with Gasteiger partial charge in [0.05, 0.1) is 0 Å². The Morgan fingerprint density at radius 1 is 0.750 bits per heavy atom. The van der Waals surface area contributed by atoms with Crippen LogP contribution in [0.1, 0.15) is 12.0 Å². The monoisotopic (exact) mass is 227 g/mol. The zero-order valence-corrected chi connectivity index (χ0v) is 10.0. The van der Waals surface area contributed by atoms with Crippen LogP contribution in [0.15, 0.2) is 54.6 Å². The molecule has 0 aliphatic heterocycles. The maximum absolute atomic E-state index is 4.95. The van der Waals surface area contributed by atoms with Crippen molar-refractivity contribution in [2.45, 2.75) is 12.8 Å². The largest absolute Gasteiger partial charge is 0.793 e. The minimum Gasteiger partial charge on any atom is -0.793 e. The molecule has 0 bridgehead atoms. The molecule has 82 valence electrons. The molecule has 0 N–H and O–H groups in total. The lowest BCUT2D eigenvalue weighted by atomic mass is 10.0. The van der Waals surface area contributed by atoms with Crippen molar-refractivity contribution >= 4 is 12.6 Å². The molecule has 2 aromatic rings. The Bertz CT molecular complexity index is 417. The Morgan fingerprint density at radius 2 is 1.38 bits per heavy atom. The van der Waals surface area contributed by atoms with Gasteiger partial charge in [0.2, 0.25) is 0 Å². The second-order valence-electron chi connectivity index (χ2n) is 3.87. The lowest BCUT2D eigenvalue weighted by Crippen LogP contribution is -1.87. The molecule has 0 aromatic heterocycles. The molecular weight excluding hydrogens is 212 g/mol. The molecule has 2 rings (SSSR count). The minimum atomic E-state index is 0.848. The quantitative estimate of drug-likeness (QED) is 0.715. The van der Waals surface area contributed by atoms with Gasteiger partial charge in [-0.05, 0) is 23.1 Å². The van der Waals surface area contributed by atoms with E-state index in [1.54, 1.807) is 0 Å². The van der Waals surface area contributed by atoms with Crippen LogP contribution in [-0.2, 0) is 19.0 Å². The fraction of sp³-hybridized carbons (Fsp3) is 0.200. The molecule has 0 saturated heterocycles. The second kappa shape index (κ2) is 5.76. The Labute approximate surface area is 103 Å². The first-order valence-corrected chi connectivity index (χ1v) is 6.20. The molecular formula is C15H15S-. The lowest BCUT2D eigenvalue weighted by molar-refractivity contribution is 0.936. The van der Waals surface area contributed by atoms with E-state index in [1.165, 1.54) is 16.7 Å². The van der Waals surface area contributed by atoms with E-state index in [-0.39, 0.29) is 0 Å². The molecule has 16 heavy (non-hydrogen) atoms. The first kappa shape index (κ1) is 11.3. The summed E-state index contributed by atoms with van der Waals surface area (Å²) in [6, 6.07) is 19.2. The normalized spacial score (nSPS) is 10.3. The van der Waals surface area contributed by atoms with Crippen molar-refractivity contribution in [1.29, 1.82) is 0 Å². The van der Waals surface area contributed by atoms with Crippen molar-refractivity contribution in [3.05, 3.63) is 60.2 Å². The maximum atomic E-state index is 4.95. The first-order chi connectivity index (χ1) is 7.90. The van der Waals surface area contributed by atoms with Crippen LogP contribution in [0.5, 0.6) is 0 Å². The highest BCUT2D eigenvalue weighted by Crippen LogP contribution is 2.19. The number of benzene rings is 2. The molecule has 0 amide bonds. The summed E-state index contributed by atoms with van der Waals surface area (Å²) in [6.07, 6.45) is 2.19. The standard InChI is InChI=1S/C15H16S/c16-12-4-5-13-8-10-15(11-9-13)14-6-2-1-3-7-14/h1-3,6-11,16H,4-5,12H2/p-1. The Hall–Kier alpha value is -1.21. The second-order valence-corrected chi connectivity index (χ2v) is 4.28. The van der Waals surface area contributed by atoms with Crippen molar-refractivity contribution in [3.8, 4) is 11.1 Å². The molecule has 0 radical (unpaired) electrons. The van der Waals surface area contributed by atoms with Crippen LogP contribution in [0.25, 0.3) is 11.1 Å². The highest BCUT2D eigenvalue weighted by molar-refractivity contribution is 7.58. The zero-order chi connectivity index (χ0) is 11.2. The summed E-state index contributed by atoms with van der Waals surface area (Å²) in [5, 5.41) is 0. The van der Waals surface area contributed by atoms with Crippen LogP contribution in [0.3, 0.4) is 0 Å². The fourth-order valence-electron chi connectivity index (χ4n) is 1.77. The highest BCUT2D eigenvalue weighted by Gasteiger charge is 1.96. The number of hydrogen-bond acceptors (Lipinski definition) is 1. The lowest BCUT2D eigenvalue weighted by Gasteiger charge is -2.06. The summed E-state index contributed by atoms with van der Waals surface area (Å²) >= 11 is 4.95. The molecule has 1 heteroatoms. The summed E-state index contributed by atoms with van der Waals surface area (Å²) in [5.74, 6) is 0.848. The van der Waals surface area contributed by atoms with E-state index in [2.05, 4.69) is 48.5 Å². The smallest absolute Gasteiger partial charge is 0.0184 e. The van der Waals surface area contributed by atoms with Gasteiger partial charge in [-0.25, -0.2) is 0 Å². The average Bonchev–Trinajstić information content (AvgIpc) is 2.38. The fourth-order valence-corrected chi connectivity index (χ4v) is 1.92. The Kier molecular flexibility index (Phi) is 4.06. The molecule has 0 fully saturated rings. The van der Waals surface area contributed by atoms with Crippen LogP contribution in [0.2, 0.25) is 0 Å². The third kappa shape index (κ3) is 2.89. The van der Waals surface area contributed by atoms with Gasteiger partial charge in [0.1, 0.15) is 0 Å². The molecule has 0 saturated carbocycles. The van der Waals surface area contributed by atoms with E-state index in [4.69, 9.17) is 12.6 Å². The van der Waals surface area contributed by atoms with Gasteiger partial charge in [0.15, 0.2) is 0 Å². The highest BCUT2D eigenvalue weighted by atomic mass is 32.1. The van der Waals surface area contributed by atoms with E-state index in [0.29, 0.717) is 0 Å². The van der Waals surface area contributed by atoms with E-state index in [0.717, 1.165) is 18.6 Å². The van der Waals surface area contributed by atoms with Crippen molar-refractivity contribution in [1.82, 2.24) is 0 Å². The van der Waals surface area contributed by atoms with Gasteiger partial charge in [0, 0.05) is 0 Å². The van der Waals surface area contributed by atoms with E-state index in [1.807, 2.05) is 6.07 Å². The van der Waals surface area contributed by atoms with Gasteiger partial charge in [-0.2, -0.15) is 5.75 Å². The molecule has 0 aliphatic carbocycles. The maximum Gasteiger partial charge on any atom is -0.0184 e. The summed E-state index contributed by atoms with van der Waals surface area (Å²) in [4.78, 5) is 0. The van der Waals surface area contributed by atoms with Crippen LogP contribution in [0, 0.1) is 0 Å². The van der Waals surface area contributed by atoms with Crippen molar-refractivity contribution < 1.29 is 0 Å². The van der Waals surface area contributed by atoms with Crippen LogP contribution in [-0.4, -0.2) is 5.75 Å². The van der Waals surface area contributed by atoms with Gasteiger partial charge < -0.3 is 12.6 Å². The molecule has 0 unspecified atom stereocenters. The summed E-state index contributed by atoms with van der Waals surface area (Å²) < 4.78 is 0. The molecule has 2 aromatic carbocycles. The molecule has 0 atom stereocenters. The molecule has 0 nitrogen and oxygen atoms in total. The van der Waals surface area contributed by atoms with Gasteiger partial charge in [0.25, 0.3) is 0 Å². The van der Waals surface area contributed by atoms with Crippen molar-refractivity contribution in [3.63, 3.8) is 0 Å². The third-order valence-electron chi connectivity index (χ3n) is 2.67. The number of rotatable bonds is 4. The Morgan fingerprint density at radius 3 is 2.00 bits per heavy atom. The molecule has 0 spiro atoms. The van der Waals surface area contributed by atoms with E-state index >= 15 is 0 Å². The summed E-state index contributed by atoms with van der Waals surface area (Å²) in [6.45, 7) is 0. The molecule has 0 aliphatic rings. The van der Waals surface area contributed by atoms with Gasteiger partial charge >= 0.3 is 0 Å². The van der Waals surface area contributed by atoms with E-state index in [9.17, 15) is 0 Å². The van der Waals surface area contributed by atoms with Gasteiger partial charge in [-0.15, -0.1) is 0 Å². The average molecular weight is 227 g/mol. The predicted molar refractivity (Wildman–Crippen MR) is 72.4 cm³/mol. The van der Waals surface area contributed by atoms with E-state index < -0.39 is 0 Å². The first-order valence-electron chi connectivity index (χ1n) is 5.62. The summed E-state index contributed by atoms with van der Waals surface area (Å²) in [7, 11) is 0. The predicted octanol–water partition coefficient (Wildman–Crippen LogP) is 3.83. The minimum absolute atomic E-state index is 0.848.